The molecule has 0 spiro atoms. The molecule has 0 fully saturated rings. The summed E-state index contributed by atoms with van der Waals surface area (Å²) in [5.41, 5.74) is 4.05. The number of hydrogen-bond donors (Lipinski definition) is 0. The average Bonchev–Trinajstić information content (AvgIpc) is 2.34. The van der Waals surface area contributed by atoms with Crippen LogP contribution in [0.4, 0.5) is 5.69 Å². The Morgan fingerprint density at radius 3 is 2.44 bits per heavy atom. The van der Waals surface area contributed by atoms with Gasteiger partial charge in [-0.15, -0.1) is 0 Å². The second-order valence-electron chi connectivity index (χ2n) is 4.02. The molecule has 1 aromatic carbocycles. The quantitative estimate of drug-likeness (QED) is 0.681. The van der Waals surface area contributed by atoms with Gasteiger partial charge in [0, 0.05) is 32.6 Å². The molecule has 0 aliphatic heterocycles. The minimum atomic E-state index is 0.905. The lowest BCUT2D eigenvalue weighted by molar-refractivity contribution is 1.30. The topological polar surface area (TPSA) is 25.2 Å². The molecule has 92 valence electrons. The Hall–Kier alpha value is -1.00. The number of halogens is 2. The van der Waals surface area contributed by atoms with Crippen LogP contribution in [0.2, 0.25) is 0 Å². The molecule has 2 nitrogen and oxygen atoms in total. The third-order valence-corrected chi connectivity index (χ3v) is 3.73. The molecule has 4 heteroatoms. The summed E-state index contributed by atoms with van der Waals surface area (Å²) in [4.78, 5) is 8.75. The number of benzene rings is 1. The van der Waals surface area contributed by atoms with Crippen molar-refractivity contribution in [2.75, 3.05) is 0 Å². The van der Waals surface area contributed by atoms with Gasteiger partial charge in [-0.1, -0.05) is 6.07 Å². The van der Waals surface area contributed by atoms with Gasteiger partial charge in [-0.25, -0.2) is 0 Å². The van der Waals surface area contributed by atoms with Crippen LogP contribution in [-0.4, -0.2) is 10.7 Å². The Balaban J connectivity index is 2.45. The summed E-state index contributed by atoms with van der Waals surface area (Å²) < 4.78 is 1.97. The van der Waals surface area contributed by atoms with E-state index < -0.39 is 0 Å². The van der Waals surface area contributed by atoms with Gasteiger partial charge in [-0.2, -0.15) is 0 Å². The van der Waals surface area contributed by atoms with Gasteiger partial charge in [0.25, 0.3) is 0 Å². The van der Waals surface area contributed by atoms with Crippen molar-refractivity contribution in [3.05, 3.63) is 56.7 Å². The second kappa shape index (κ2) is 5.76. The first kappa shape index (κ1) is 13.4. The number of aromatic nitrogens is 1. The maximum Gasteiger partial charge on any atom is 0.0917 e. The number of hydrogen-bond acceptors (Lipinski definition) is 2. The van der Waals surface area contributed by atoms with Gasteiger partial charge >= 0.3 is 0 Å². The van der Waals surface area contributed by atoms with Gasteiger partial charge in [0.1, 0.15) is 0 Å². The first-order chi connectivity index (χ1) is 8.58. The molecule has 0 amide bonds. The third-order valence-electron chi connectivity index (χ3n) is 2.52. The summed E-state index contributed by atoms with van der Waals surface area (Å²) in [5.74, 6) is 0. The van der Waals surface area contributed by atoms with E-state index in [1.54, 1.807) is 6.20 Å². The lowest BCUT2D eigenvalue weighted by Gasteiger charge is -2.06. The predicted molar refractivity (Wildman–Crippen MR) is 82.7 cm³/mol. The van der Waals surface area contributed by atoms with Gasteiger partial charge < -0.3 is 0 Å². The van der Waals surface area contributed by atoms with Gasteiger partial charge in [0.2, 0.25) is 0 Å². The summed E-state index contributed by atoms with van der Waals surface area (Å²) in [7, 11) is 0. The van der Waals surface area contributed by atoms with Crippen molar-refractivity contribution < 1.29 is 0 Å². The smallest absolute Gasteiger partial charge is 0.0917 e. The highest BCUT2D eigenvalue weighted by Gasteiger charge is 2.06. The van der Waals surface area contributed by atoms with Crippen LogP contribution < -0.4 is 0 Å². The van der Waals surface area contributed by atoms with E-state index >= 15 is 0 Å². The van der Waals surface area contributed by atoms with Gasteiger partial charge in [0.15, 0.2) is 0 Å². The van der Waals surface area contributed by atoms with Crippen molar-refractivity contribution in [2.45, 2.75) is 13.8 Å². The van der Waals surface area contributed by atoms with Crippen LogP contribution >= 0.6 is 31.9 Å². The number of pyridine rings is 1. The fourth-order valence-corrected chi connectivity index (χ4v) is 3.20. The minimum absolute atomic E-state index is 0.905. The van der Waals surface area contributed by atoms with E-state index in [0.29, 0.717) is 0 Å². The average molecular weight is 368 g/mol. The Morgan fingerprint density at radius 2 is 1.89 bits per heavy atom. The fourth-order valence-electron chi connectivity index (χ4n) is 1.61. The predicted octanol–water partition coefficient (Wildman–Crippen LogP) is 5.06. The van der Waals surface area contributed by atoms with Gasteiger partial charge in [-0.3, -0.25) is 9.98 Å². The lowest BCUT2D eigenvalue weighted by Crippen LogP contribution is -1.94. The van der Waals surface area contributed by atoms with Crippen molar-refractivity contribution in [1.82, 2.24) is 4.98 Å². The molecule has 0 radical (unpaired) electrons. The van der Waals surface area contributed by atoms with Crippen molar-refractivity contribution >= 4 is 43.3 Å². The molecule has 0 aliphatic carbocycles. The first-order valence-electron chi connectivity index (χ1n) is 5.49. The molecule has 0 bridgehead atoms. The zero-order chi connectivity index (χ0) is 13.1. The van der Waals surface area contributed by atoms with Crippen molar-refractivity contribution in [3.8, 4) is 0 Å². The molecule has 1 heterocycles. The number of rotatable bonds is 2. The molecule has 2 rings (SSSR count). The van der Waals surface area contributed by atoms with Gasteiger partial charge in [0.05, 0.1) is 5.69 Å². The molecular weight excluding hydrogens is 356 g/mol. The summed E-state index contributed by atoms with van der Waals surface area (Å²) in [5, 5.41) is 0. The summed E-state index contributed by atoms with van der Waals surface area (Å²) in [6, 6.07) is 8.02. The number of aryl methyl sites for hydroxylation is 1. The van der Waals surface area contributed by atoms with Crippen LogP contribution in [0, 0.1) is 6.92 Å². The molecule has 2 aromatic rings. The molecular formula is C14H12Br2N2. The van der Waals surface area contributed by atoms with Crippen LogP contribution in [0.5, 0.6) is 0 Å². The van der Waals surface area contributed by atoms with Crippen molar-refractivity contribution in [1.29, 1.82) is 0 Å². The highest BCUT2D eigenvalue weighted by Crippen LogP contribution is 2.35. The molecule has 0 atom stereocenters. The largest absolute Gasteiger partial charge is 0.264 e. The van der Waals surface area contributed by atoms with Crippen molar-refractivity contribution in [2.24, 2.45) is 4.99 Å². The standard InChI is InChI=1S/C14H12Br2N2/c1-9-6-12(15)14(13(16)7-9)18-10(2)11-4-3-5-17-8-11/h3-8H,1-2H3. The molecule has 0 saturated carbocycles. The molecule has 1 aromatic heterocycles. The molecule has 18 heavy (non-hydrogen) atoms. The van der Waals surface area contributed by atoms with E-state index in [1.807, 2.05) is 25.3 Å². The first-order valence-corrected chi connectivity index (χ1v) is 7.08. The molecule has 0 unspecified atom stereocenters. The maximum atomic E-state index is 4.65. The summed E-state index contributed by atoms with van der Waals surface area (Å²) >= 11 is 7.09. The normalized spacial score (nSPS) is 11.7. The SMILES string of the molecule is CC(=Nc1c(Br)cc(C)cc1Br)c1cccnc1. The highest BCUT2D eigenvalue weighted by molar-refractivity contribution is 9.11. The Labute approximate surface area is 123 Å². The molecule has 0 N–H and O–H groups in total. The van der Waals surface area contributed by atoms with Crippen LogP contribution in [0.3, 0.4) is 0 Å². The van der Waals surface area contributed by atoms with Crippen LogP contribution in [0.25, 0.3) is 0 Å². The fraction of sp³-hybridized carbons (Fsp3) is 0.143. The third kappa shape index (κ3) is 3.06. The van der Waals surface area contributed by atoms with E-state index in [2.05, 4.69) is 60.9 Å². The molecule has 0 saturated heterocycles. The Bertz CT molecular complexity index is 569. The van der Waals surface area contributed by atoms with E-state index in [1.165, 1.54) is 5.56 Å². The summed E-state index contributed by atoms with van der Waals surface area (Å²) in [6.45, 7) is 4.03. The van der Waals surface area contributed by atoms with Crippen LogP contribution in [0.1, 0.15) is 18.1 Å². The van der Waals surface area contributed by atoms with E-state index in [0.717, 1.165) is 25.9 Å². The zero-order valence-corrected chi connectivity index (χ0v) is 13.3. The lowest BCUT2D eigenvalue weighted by atomic mass is 10.2. The molecule has 0 aliphatic rings. The monoisotopic (exact) mass is 366 g/mol. The minimum Gasteiger partial charge on any atom is -0.264 e. The Kier molecular flexibility index (Phi) is 4.30. The Morgan fingerprint density at radius 1 is 1.22 bits per heavy atom. The van der Waals surface area contributed by atoms with E-state index in [9.17, 15) is 0 Å². The number of nitrogens with zero attached hydrogens (tertiary/aromatic N) is 2. The van der Waals surface area contributed by atoms with E-state index in [-0.39, 0.29) is 0 Å². The van der Waals surface area contributed by atoms with Gasteiger partial charge in [-0.05, 0) is 69.5 Å². The van der Waals surface area contributed by atoms with Crippen molar-refractivity contribution in [3.63, 3.8) is 0 Å². The van der Waals surface area contributed by atoms with Crippen LogP contribution in [-0.2, 0) is 0 Å². The maximum absolute atomic E-state index is 4.65. The zero-order valence-electron chi connectivity index (χ0n) is 10.1. The number of aliphatic imine (C=N–C) groups is 1. The van der Waals surface area contributed by atoms with Crippen LogP contribution in [0.15, 0.2) is 50.6 Å². The second-order valence-corrected chi connectivity index (χ2v) is 5.72. The summed E-state index contributed by atoms with van der Waals surface area (Å²) in [6.07, 6.45) is 3.57. The highest BCUT2D eigenvalue weighted by atomic mass is 79.9. The van der Waals surface area contributed by atoms with E-state index in [4.69, 9.17) is 0 Å².